The van der Waals surface area contributed by atoms with Crippen LogP contribution in [0.3, 0.4) is 0 Å². The Morgan fingerprint density at radius 3 is 2.32 bits per heavy atom. The van der Waals surface area contributed by atoms with Crippen molar-refractivity contribution in [2.24, 2.45) is 4.99 Å². The SMILES string of the molecule is Cc1cccc2c1C(=C(c1ccc(C(F)(F)F)cc1)c1c[nH]c3cccc(C)c13)C=N2. The summed E-state index contributed by atoms with van der Waals surface area (Å²) in [5.41, 5.74) is 7.83. The van der Waals surface area contributed by atoms with Crippen LogP contribution >= 0.6 is 0 Å². The van der Waals surface area contributed by atoms with E-state index in [-0.39, 0.29) is 0 Å². The van der Waals surface area contributed by atoms with Crippen LogP contribution in [0.5, 0.6) is 0 Å². The number of benzene rings is 3. The summed E-state index contributed by atoms with van der Waals surface area (Å²) in [6.07, 6.45) is -0.620. The molecule has 2 nitrogen and oxygen atoms in total. The number of hydrogen-bond donors (Lipinski definition) is 1. The number of aromatic nitrogens is 1. The van der Waals surface area contributed by atoms with Gasteiger partial charge in [-0.05, 0) is 54.8 Å². The fourth-order valence-electron chi connectivity index (χ4n) is 4.35. The van der Waals surface area contributed by atoms with Crippen LogP contribution in [-0.2, 0) is 6.18 Å². The number of H-pyrrole nitrogens is 1. The lowest BCUT2D eigenvalue weighted by Gasteiger charge is -2.15. The molecule has 0 unspecified atom stereocenters. The number of nitrogens with zero attached hydrogens (tertiary/aromatic N) is 1. The maximum atomic E-state index is 13.2. The van der Waals surface area contributed by atoms with Gasteiger partial charge in [0.15, 0.2) is 0 Å². The summed E-state index contributed by atoms with van der Waals surface area (Å²) in [5.74, 6) is 0. The Morgan fingerprint density at radius 2 is 1.58 bits per heavy atom. The Labute approximate surface area is 177 Å². The molecule has 1 aliphatic rings. The zero-order valence-corrected chi connectivity index (χ0v) is 17.0. The third-order valence-electron chi connectivity index (χ3n) is 5.81. The first-order valence-electron chi connectivity index (χ1n) is 9.97. The number of halogens is 3. The summed E-state index contributed by atoms with van der Waals surface area (Å²) >= 11 is 0. The molecule has 3 aromatic carbocycles. The van der Waals surface area contributed by atoms with Gasteiger partial charge in [-0.2, -0.15) is 13.2 Å². The molecular weight excluding hydrogens is 397 g/mol. The minimum absolute atomic E-state index is 0.660. The fourth-order valence-corrected chi connectivity index (χ4v) is 4.35. The summed E-state index contributed by atoms with van der Waals surface area (Å²) < 4.78 is 39.5. The van der Waals surface area contributed by atoms with Gasteiger partial charge in [0.25, 0.3) is 0 Å². The standard InChI is InChI=1S/C26H19F3N2/c1-15-5-3-7-21-23(15)19(13-30-21)25(17-9-11-18(12-10-17)26(27,28)29)20-14-31-22-8-4-6-16(2)24(20)22/h3-14,30H,1-2H3. The lowest BCUT2D eigenvalue weighted by molar-refractivity contribution is -0.137. The number of aliphatic imine (C=N–C) groups is 1. The van der Waals surface area contributed by atoms with E-state index < -0.39 is 11.7 Å². The summed E-state index contributed by atoms with van der Waals surface area (Å²) in [6, 6.07) is 17.3. The zero-order valence-electron chi connectivity index (χ0n) is 17.0. The molecule has 4 aromatic rings. The van der Waals surface area contributed by atoms with Crippen molar-refractivity contribution in [2.75, 3.05) is 0 Å². The third kappa shape index (κ3) is 3.17. The van der Waals surface area contributed by atoms with Crippen LogP contribution < -0.4 is 0 Å². The van der Waals surface area contributed by atoms with E-state index in [1.165, 1.54) is 0 Å². The maximum Gasteiger partial charge on any atom is 0.416 e. The van der Waals surface area contributed by atoms with Gasteiger partial charge >= 0.3 is 6.18 Å². The van der Waals surface area contributed by atoms with Crippen molar-refractivity contribution < 1.29 is 13.2 Å². The van der Waals surface area contributed by atoms with Gasteiger partial charge in [0.05, 0.1) is 11.3 Å². The number of aryl methyl sites for hydroxylation is 2. The van der Waals surface area contributed by atoms with E-state index in [4.69, 9.17) is 0 Å². The van der Waals surface area contributed by atoms with Crippen molar-refractivity contribution >= 4 is 34.0 Å². The van der Waals surface area contributed by atoms with Crippen LogP contribution in [0.1, 0.15) is 33.4 Å². The number of nitrogens with one attached hydrogen (secondary N) is 1. The molecule has 5 heteroatoms. The molecule has 1 aliphatic heterocycles. The lowest BCUT2D eigenvalue weighted by atomic mass is 9.87. The average molecular weight is 416 g/mol. The molecular formula is C26H19F3N2. The van der Waals surface area contributed by atoms with Crippen LogP contribution in [0.15, 0.2) is 71.9 Å². The second kappa shape index (κ2) is 6.98. The molecule has 0 bridgehead atoms. The first-order chi connectivity index (χ1) is 14.8. The van der Waals surface area contributed by atoms with Crippen molar-refractivity contribution in [3.63, 3.8) is 0 Å². The van der Waals surface area contributed by atoms with Gasteiger partial charge in [0, 0.05) is 45.6 Å². The van der Waals surface area contributed by atoms with Crippen LogP contribution in [0.2, 0.25) is 0 Å². The molecule has 2 heterocycles. The number of allylic oxidation sites excluding steroid dienone is 1. The fraction of sp³-hybridized carbons (Fsp3) is 0.115. The Morgan fingerprint density at radius 1 is 0.871 bits per heavy atom. The van der Waals surface area contributed by atoms with Crippen molar-refractivity contribution in [3.8, 4) is 0 Å². The van der Waals surface area contributed by atoms with Crippen molar-refractivity contribution in [2.45, 2.75) is 20.0 Å². The van der Waals surface area contributed by atoms with Crippen LogP contribution in [-0.4, -0.2) is 11.2 Å². The van der Waals surface area contributed by atoms with E-state index in [9.17, 15) is 13.2 Å². The molecule has 0 spiro atoms. The van der Waals surface area contributed by atoms with Crippen molar-refractivity contribution in [1.82, 2.24) is 4.98 Å². The minimum Gasteiger partial charge on any atom is -0.361 e. The molecule has 0 saturated heterocycles. The molecule has 5 rings (SSSR count). The highest BCUT2D eigenvalue weighted by atomic mass is 19.4. The third-order valence-corrected chi connectivity index (χ3v) is 5.81. The van der Waals surface area contributed by atoms with Crippen molar-refractivity contribution in [3.05, 3.63) is 100 Å². The molecule has 0 radical (unpaired) electrons. The number of hydrogen-bond acceptors (Lipinski definition) is 1. The van der Waals surface area contributed by atoms with Crippen LogP contribution in [0, 0.1) is 13.8 Å². The van der Waals surface area contributed by atoms with E-state index in [0.717, 1.165) is 67.7 Å². The number of aromatic amines is 1. The molecule has 154 valence electrons. The quantitative estimate of drug-likeness (QED) is 0.351. The number of rotatable bonds is 2. The molecule has 31 heavy (non-hydrogen) atoms. The predicted molar refractivity (Wildman–Crippen MR) is 120 cm³/mol. The first-order valence-corrected chi connectivity index (χ1v) is 9.97. The molecule has 0 saturated carbocycles. The van der Waals surface area contributed by atoms with Gasteiger partial charge in [-0.1, -0.05) is 36.4 Å². The summed E-state index contributed by atoms with van der Waals surface area (Å²) in [5, 5.41) is 1.06. The summed E-state index contributed by atoms with van der Waals surface area (Å²) in [7, 11) is 0. The second-order valence-corrected chi connectivity index (χ2v) is 7.79. The van der Waals surface area contributed by atoms with Gasteiger partial charge in [-0.3, -0.25) is 4.99 Å². The molecule has 0 atom stereocenters. The Balaban J connectivity index is 1.83. The van der Waals surface area contributed by atoms with Crippen molar-refractivity contribution in [1.29, 1.82) is 0 Å². The zero-order chi connectivity index (χ0) is 21.8. The maximum absolute atomic E-state index is 13.2. The van der Waals surface area contributed by atoms with E-state index >= 15 is 0 Å². The van der Waals surface area contributed by atoms with E-state index in [1.54, 1.807) is 12.1 Å². The highest BCUT2D eigenvalue weighted by Crippen LogP contribution is 2.43. The lowest BCUT2D eigenvalue weighted by Crippen LogP contribution is -2.04. The number of fused-ring (bicyclic) bond motifs is 2. The monoisotopic (exact) mass is 416 g/mol. The van der Waals surface area contributed by atoms with Gasteiger partial charge in [0.2, 0.25) is 0 Å². The molecule has 1 aromatic heterocycles. The topological polar surface area (TPSA) is 28.1 Å². The highest BCUT2D eigenvalue weighted by molar-refractivity contribution is 6.28. The van der Waals surface area contributed by atoms with Crippen LogP contribution in [0.4, 0.5) is 18.9 Å². The van der Waals surface area contributed by atoms with Gasteiger partial charge in [0.1, 0.15) is 0 Å². The van der Waals surface area contributed by atoms with Gasteiger partial charge in [-0.25, -0.2) is 0 Å². The van der Waals surface area contributed by atoms with Gasteiger partial charge < -0.3 is 4.98 Å². The largest absolute Gasteiger partial charge is 0.416 e. The molecule has 1 N–H and O–H groups in total. The average Bonchev–Trinajstić information content (AvgIpc) is 3.35. The second-order valence-electron chi connectivity index (χ2n) is 7.79. The molecule has 0 aliphatic carbocycles. The molecule has 0 fully saturated rings. The Hall–Kier alpha value is -3.60. The smallest absolute Gasteiger partial charge is 0.361 e. The Kier molecular flexibility index (Phi) is 4.36. The summed E-state index contributed by atoms with van der Waals surface area (Å²) in [6.45, 7) is 4.06. The highest BCUT2D eigenvalue weighted by Gasteiger charge is 2.30. The van der Waals surface area contributed by atoms with E-state index in [1.807, 2.05) is 62.7 Å². The minimum atomic E-state index is -4.37. The summed E-state index contributed by atoms with van der Waals surface area (Å²) in [4.78, 5) is 7.90. The number of alkyl halides is 3. The van der Waals surface area contributed by atoms with E-state index in [2.05, 4.69) is 9.98 Å². The predicted octanol–water partition coefficient (Wildman–Crippen LogP) is 7.48. The Bertz CT molecular complexity index is 1370. The van der Waals surface area contributed by atoms with Gasteiger partial charge in [-0.15, -0.1) is 0 Å². The first kappa shape index (κ1) is 19.4. The molecule has 0 amide bonds. The normalized spacial score (nSPS) is 14.9. The van der Waals surface area contributed by atoms with E-state index in [0.29, 0.717) is 0 Å². The van der Waals surface area contributed by atoms with Crippen LogP contribution in [0.25, 0.3) is 22.0 Å².